The van der Waals surface area contributed by atoms with Crippen molar-refractivity contribution in [1.29, 1.82) is 0 Å². The first-order chi connectivity index (χ1) is 16.0. The molecule has 0 aliphatic carbocycles. The summed E-state index contributed by atoms with van der Waals surface area (Å²) in [6.45, 7) is 8.04. The van der Waals surface area contributed by atoms with Gasteiger partial charge in [-0.1, -0.05) is 0 Å². The van der Waals surface area contributed by atoms with E-state index < -0.39 is 0 Å². The quantitative estimate of drug-likeness (QED) is 0.607. The van der Waals surface area contributed by atoms with E-state index in [2.05, 4.69) is 37.6 Å². The van der Waals surface area contributed by atoms with Gasteiger partial charge in [0.2, 0.25) is 0 Å². The molecule has 2 fully saturated rings. The van der Waals surface area contributed by atoms with Crippen molar-refractivity contribution in [3.63, 3.8) is 0 Å². The average molecular weight is 452 g/mol. The van der Waals surface area contributed by atoms with Gasteiger partial charge in [-0.05, 0) is 26.0 Å². The molecule has 2 aliphatic rings. The van der Waals surface area contributed by atoms with Crippen LogP contribution >= 0.6 is 0 Å². The van der Waals surface area contributed by atoms with Gasteiger partial charge in [-0.2, -0.15) is 0 Å². The number of pyridine rings is 1. The maximum absolute atomic E-state index is 13.2. The van der Waals surface area contributed by atoms with Crippen LogP contribution in [-0.2, 0) is 4.74 Å². The van der Waals surface area contributed by atoms with E-state index in [1.165, 1.54) is 0 Å². The maximum atomic E-state index is 13.2. The number of aromatic nitrogens is 4. The SMILES string of the molecule is Cc1cn2cc(C(=O)Nc3ccc(N4CCN[C@@H](C)C4)nn3)c(OC3CCOCC3)cc2n1. The number of carbonyl (C=O) groups excluding carboxylic acids is 1. The number of hydrogen-bond acceptors (Lipinski definition) is 8. The Kier molecular flexibility index (Phi) is 6.10. The zero-order chi connectivity index (χ0) is 22.8. The zero-order valence-corrected chi connectivity index (χ0v) is 19.0. The molecule has 10 nitrogen and oxygen atoms in total. The smallest absolute Gasteiger partial charge is 0.262 e. The van der Waals surface area contributed by atoms with Gasteiger partial charge in [-0.3, -0.25) is 4.79 Å². The number of piperazine rings is 1. The summed E-state index contributed by atoms with van der Waals surface area (Å²) >= 11 is 0. The summed E-state index contributed by atoms with van der Waals surface area (Å²) in [7, 11) is 0. The molecule has 10 heteroatoms. The molecule has 0 unspecified atom stereocenters. The van der Waals surface area contributed by atoms with Gasteiger partial charge >= 0.3 is 0 Å². The predicted molar refractivity (Wildman–Crippen MR) is 124 cm³/mol. The van der Waals surface area contributed by atoms with Gasteiger partial charge in [0.05, 0.1) is 24.5 Å². The lowest BCUT2D eigenvalue weighted by Crippen LogP contribution is -2.49. The summed E-state index contributed by atoms with van der Waals surface area (Å²) in [4.78, 5) is 19.9. The lowest BCUT2D eigenvalue weighted by Gasteiger charge is -2.32. The van der Waals surface area contributed by atoms with Gasteiger partial charge < -0.3 is 29.4 Å². The van der Waals surface area contributed by atoms with Crippen LogP contribution in [0.4, 0.5) is 11.6 Å². The summed E-state index contributed by atoms with van der Waals surface area (Å²) in [5.41, 5.74) is 2.03. The van der Waals surface area contributed by atoms with Crippen LogP contribution in [-0.4, -0.2) is 70.5 Å². The van der Waals surface area contributed by atoms with E-state index in [-0.39, 0.29) is 12.0 Å². The van der Waals surface area contributed by atoms with Crippen molar-refractivity contribution in [3.8, 4) is 5.75 Å². The van der Waals surface area contributed by atoms with Crippen LogP contribution in [0.2, 0.25) is 0 Å². The summed E-state index contributed by atoms with van der Waals surface area (Å²) < 4.78 is 13.5. The van der Waals surface area contributed by atoms with Crippen LogP contribution in [0.25, 0.3) is 5.65 Å². The van der Waals surface area contributed by atoms with Crippen molar-refractivity contribution in [2.24, 2.45) is 0 Å². The highest BCUT2D eigenvalue weighted by Crippen LogP contribution is 2.26. The monoisotopic (exact) mass is 451 g/mol. The molecule has 3 aromatic heterocycles. The summed E-state index contributed by atoms with van der Waals surface area (Å²) in [5.74, 6) is 1.41. The minimum absolute atomic E-state index is 0.00399. The molecule has 2 aliphatic heterocycles. The Hall–Kier alpha value is -3.24. The van der Waals surface area contributed by atoms with Gasteiger partial charge in [0.15, 0.2) is 11.6 Å². The number of ether oxygens (including phenoxy) is 2. The van der Waals surface area contributed by atoms with E-state index in [1.54, 1.807) is 12.3 Å². The Morgan fingerprint density at radius 2 is 2.09 bits per heavy atom. The van der Waals surface area contributed by atoms with Crippen LogP contribution in [0.3, 0.4) is 0 Å². The lowest BCUT2D eigenvalue weighted by atomic mass is 10.1. The molecule has 3 aromatic rings. The molecule has 2 N–H and O–H groups in total. The van der Waals surface area contributed by atoms with Crippen LogP contribution < -0.4 is 20.3 Å². The van der Waals surface area contributed by atoms with Crippen LogP contribution in [0.1, 0.15) is 35.8 Å². The molecular formula is C23H29N7O3. The fourth-order valence-corrected chi connectivity index (χ4v) is 4.27. The second-order valence-electron chi connectivity index (χ2n) is 8.66. The number of imidazole rings is 1. The summed E-state index contributed by atoms with van der Waals surface area (Å²) in [6.07, 6.45) is 5.22. The highest BCUT2D eigenvalue weighted by atomic mass is 16.5. The van der Waals surface area contributed by atoms with Crippen molar-refractivity contribution in [2.45, 2.75) is 38.8 Å². The highest BCUT2D eigenvalue weighted by Gasteiger charge is 2.22. The molecule has 0 bridgehead atoms. The van der Waals surface area contributed by atoms with Gasteiger partial charge in [-0.25, -0.2) is 4.98 Å². The number of anilines is 2. The number of nitrogens with zero attached hydrogens (tertiary/aromatic N) is 5. The lowest BCUT2D eigenvalue weighted by molar-refractivity contribution is 0.0253. The third kappa shape index (κ3) is 4.91. The van der Waals surface area contributed by atoms with E-state index in [9.17, 15) is 4.79 Å². The van der Waals surface area contributed by atoms with Gasteiger partial charge in [-0.15, -0.1) is 10.2 Å². The van der Waals surface area contributed by atoms with Crippen molar-refractivity contribution in [2.75, 3.05) is 43.1 Å². The molecule has 0 radical (unpaired) electrons. The van der Waals surface area contributed by atoms with E-state index in [4.69, 9.17) is 9.47 Å². The van der Waals surface area contributed by atoms with E-state index in [1.807, 2.05) is 29.7 Å². The first-order valence-electron chi connectivity index (χ1n) is 11.4. The molecular weight excluding hydrogens is 422 g/mol. The maximum Gasteiger partial charge on any atom is 0.262 e. The predicted octanol–water partition coefficient (Wildman–Crippen LogP) is 2.04. The molecule has 2 saturated heterocycles. The zero-order valence-electron chi connectivity index (χ0n) is 19.0. The van der Waals surface area contributed by atoms with Crippen LogP contribution in [0, 0.1) is 6.92 Å². The Labute approximate surface area is 192 Å². The topological polar surface area (TPSA) is 106 Å². The van der Waals surface area contributed by atoms with E-state index in [0.29, 0.717) is 36.4 Å². The first-order valence-corrected chi connectivity index (χ1v) is 11.4. The Bertz CT molecular complexity index is 1130. The number of amides is 1. The van der Waals surface area contributed by atoms with Gasteiger partial charge in [0, 0.05) is 57.0 Å². The minimum atomic E-state index is -0.303. The molecule has 174 valence electrons. The van der Waals surface area contributed by atoms with Gasteiger partial charge in [0.25, 0.3) is 5.91 Å². The molecule has 5 heterocycles. The summed E-state index contributed by atoms with van der Waals surface area (Å²) in [6, 6.07) is 5.89. The molecule has 0 aromatic carbocycles. The molecule has 0 saturated carbocycles. The fraction of sp³-hybridized carbons (Fsp3) is 0.478. The fourth-order valence-electron chi connectivity index (χ4n) is 4.27. The second-order valence-corrected chi connectivity index (χ2v) is 8.66. The third-order valence-electron chi connectivity index (χ3n) is 5.97. The third-order valence-corrected chi connectivity index (χ3v) is 5.97. The largest absolute Gasteiger partial charge is 0.489 e. The van der Waals surface area contributed by atoms with Crippen molar-refractivity contribution >= 4 is 23.2 Å². The van der Waals surface area contributed by atoms with E-state index >= 15 is 0 Å². The molecule has 1 amide bonds. The normalized spacial score (nSPS) is 19.6. The van der Waals surface area contributed by atoms with Crippen molar-refractivity contribution in [3.05, 3.63) is 41.9 Å². The highest BCUT2D eigenvalue weighted by molar-refractivity contribution is 6.05. The standard InChI is InChI=1S/C23H29N7O3/c1-15-12-29(8-7-24-15)21-4-3-20(27-28-21)26-23(31)18-14-30-13-16(2)25-22(30)11-19(18)33-17-5-9-32-10-6-17/h3-4,11,13-15,17,24H,5-10,12H2,1-2H3,(H,26,27,31)/t15-/m0/s1. The number of fused-ring (bicyclic) bond motifs is 1. The second kappa shape index (κ2) is 9.32. The molecule has 33 heavy (non-hydrogen) atoms. The number of aryl methyl sites for hydroxylation is 1. The first kappa shape index (κ1) is 21.6. The minimum Gasteiger partial charge on any atom is -0.489 e. The van der Waals surface area contributed by atoms with E-state index in [0.717, 1.165) is 49.6 Å². The molecule has 0 spiro atoms. The average Bonchev–Trinajstić information content (AvgIpc) is 3.18. The number of nitrogens with one attached hydrogen (secondary N) is 2. The van der Waals surface area contributed by atoms with Gasteiger partial charge in [0.1, 0.15) is 17.5 Å². The number of rotatable bonds is 5. The summed E-state index contributed by atoms with van der Waals surface area (Å²) in [5, 5.41) is 14.8. The molecule has 1 atom stereocenters. The Morgan fingerprint density at radius 1 is 1.24 bits per heavy atom. The van der Waals surface area contributed by atoms with Crippen LogP contribution in [0.15, 0.2) is 30.6 Å². The molecule has 5 rings (SSSR count). The van der Waals surface area contributed by atoms with Crippen molar-refractivity contribution in [1.82, 2.24) is 24.9 Å². The Balaban J connectivity index is 1.36. The van der Waals surface area contributed by atoms with Crippen LogP contribution in [0.5, 0.6) is 5.75 Å². The Morgan fingerprint density at radius 3 is 2.85 bits per heavy atom. The van der Waals surface area contributed by atoms with Crippen molar-refractivity contribution < 1.29 is 14.3 Å². The number of hydrogen-bond donors (Lipinski definition) is 2. The number of carbonyl (C=O) groups is 1.